The van der Waals surface area contributed by atoms with E-state index in [2.05, 4.69) is 15.3 Å². The molecular formula is C19H28N4O4. The second-order valence-corrected chi connectivity index (χ2v) is 7.28. The molecule has 0 bridgehead atoms. The van der Waals surface area contributed by atoms with Crippen LogP contribution in [-0.2, 0) is 9.59 Å². The average molecular weight is 376 g/mol. The Morgan fingerprint density at radius 3 is 2.37 bits per heavy atom. The van der Waals surface area contributed by atoms with Crippen LogP contribution in [0.1, 0.15) is 45.4 Å². The second kappa shape index (κ2) is 9.01. The van der Waals surface area contributed by atoms with Gasteiger partial charge in [0.05, 0.1) is 19.5 Å². The van der Waals surface area contributed by atoms with Crippen LogP contribution in [-0.4, -0.2) is 59.0 Å². The van der Waals surface area contributed by atoms with Crippen LogP contribution >= 0.6 is 0 Å². The summed E-state index contributed by atoms with van der Waals surface area (Å²) in [5.74, 6) is 1.14. The quantitative estimate of drug-likeness (QED) is 0.838. The standard InChI is InChI=1S/C19H28N4O4/c1-13(24)23-9-7-14(8-10-23)19(25)21-15-3-5-16(6-4-15)27-18-12-20-11-17(22-18)26-2/h11-12,14-16H,3-10H2,1-2H3,(H,21,25). The van der Waals surface area contributed by atoms with Gasteiger partial charge in [-0.3, -0.25) is 14.6 Å². The van der Waals surface area contributed by atoms with Crippen molar-refractivity contribution >= 4 is 11.8 Å². The summed E-state index contributed by atoms with van der Waals surface area (Å²) in [6.45, 7) is 2.93. The molecule has 1 saturated heterocycles. The molecule has 2 heterocycles. The lowest BCUT2D eigenvalue weighted by Crippen LogP contribution is -2.46. The lowest BCUT2D eigenvalue weighted by Gasteiger charge is -2.33. The van der Waals surface area contributed by atoms with Gasteiger partial charge in [-0.1, -0.05) is 0 Å². The second-order valence-electron chi connectivity index (χ2n) is 7.28. The summed E-state index contributed by atoms with van der Waals surface area (Å²) >= 11 is 0. The summed E-state index contributed by atoms with van der Waals surface area (Å²) in [6, 6.07) is 0.194. The summed E-state index contributed by atoms with van der Waals surface area (Å²) in [4.78, 5) is 34.0. The Labute approximate surface area is 159 Å². The Hall–Kier alpha value is -2.38. The number of ether oxygens (including phenoxy) is 2. The highest BCUT2D eigenvalue weighted by molar-refractivity contribution is 5.79. The molecule has 1 N–H and O–H groups in total. The van der Waals surface area contributed by atoms with Crippen LogP contribution in [0.2, 0.25) is 0 Å². The van der Waals surface area contributed by atoms with E-state index in [1.165, 1.54) is 0 Å². The van der Waals surface area contributed by atoms with E-state index in [1.807, 2.05) is 4.90 Å². The number of rotatable bonds is 5. The van der Waals surface area contributed by atoms with Gasteiger partial charge in [-0.2, -0.15) is 4.98 Å². The fourth-order valence-electron chi connectivity index (χ4n) is 3.76. The van der Waals surface area contributed by atoms with Crippen molar-refractivity contribution in [2.45, 2.75) is 57.6 Å². The fourth-order valence-corrected chi connectivity index (χ4v) is 3.76. The van der Waals surface area contributed by atoms with E-state index < -0.39 is 0 Å². The van der Waals surface area contributed by atoms with Crippen LogP contribution in [0.3, 0.4) is 0 Å². The zero-order valence-corrected chi connectivity index (χ0v) is 16.0. The fraction of sp³-hybridized carbons (Fsp3) is 0.684. The number of carbonyl (C=O) groups is 2. The number of carbonyl (C=O) groups excluding carboxylic acids is 2. The summed E-state index contributed by atoms with van der Waals surface area (Å²) in [5.41, 5.74) is 0. The predicted octanol–water partition coefficient (Wildman–Crippen LogP) is 1.55. The van der Waals surface area contributed by atoms with Crippen molar-refractivity contribution in [1.29, 1.82) is 0 Å². The van der Waals surface area contributed by atoms with Crippen molar-refractivity contribution < 1.29 is 19.1 Å². The van der Waals surface area contributed by atoms with Gasteiger partial charge in [-0.05, 0) is 38.5 Å². The maximum atomic E-state index is 12.5. The van der Waals surface area contributed by atoms with Gasteiger partial charge in [0.2, 0.25) is 23.6 Å². The average Bonchev–Trinajstić information content (AvgIpc) is 2.69. The molecule has 27 heavy (non-hydrogen) atoms. The van der Waals surface area contributed by atoms with E-state index in [1.54, 1.807) is 26.4 Å². The van der Waals surface area contributed by atoms with E-state index in [-0.39, 0.29) is 29.9 Å². The molecule has 0 radical (unpaired) electrons. The number of nitrogens with zero attached hydrogens (tertiary/aromatic N) is 3. The molecule has 0 aromatic carbocycles. The smallest absolute Gasteiger partial charge is 0.235 e. The molecule has 8 heteroatoms. The summed E-state index contributed by atoms with van der Waals surface area (Å²) in [5, 5.41) is 3.19. The highest BCUT2D eigenvalue weighted by Gasteiger charge is 2.29. The van der Waals surface area contributed by atoms with E-state index in [9.17, 15) is 9.59 Å². The van der Waals surface area contributed by atoms with Gasteiger partial charge in [0.25, 0.3) is 0 Å². The molecule has 2 amide bonds. The van der Waals surface area contributed by atoms with Gasteiger partial charge < -0.3 is 19.7 Å². The van der Waals surface area contributed by atoms with Crippen LogP contribution in [0.4, 0.5) is 0 Å². The number of nitrogens with one attached hydrogen (secondary N) is 1. The minimum absolute atomic E-state index is 0.0154. The van der Waals surface area contributed by atoms with Crippen LogP contribution in [0.25, 0.3) is 0 Å². The van der Waals surface area contributed by atoms with Crippen LogP contribution in [0.15, 0.2) is 12.4 Å². The first-order chi connectivity index (χ1) is 13.0. The van der Waals surface area contributed by atoms with Crippen molar-refractivity contribution in [1.82, 2.24) is 20.2 Å². The highest BCUT2D eigenvalue weighted by Crippen LogP contribution is 2.25. The molecular weight excluding hydrogens is 348 g/mol. The van der Waals surface area contributed by atoms with Crippen LogP contribution in [0, 0.1) is 5.92 Å². The van der Waals surface area contributed by atoms with E-state index in [0.717, 1.165) is 38.5 Å². The summed E-state index contributed by atoms with van der Waals surface area (Å²) in [7, 11) is 1.55. The molecule has 8 nitrogen and oxygen atoms in total. The van der Waals surface area contributed by atoms with Crippen molar-refractivity contribution in [3.8, 4) is 11.8 Å². The third kappa shape index (κ3) is 5.30. The topological polar surface area (TPSA) is 93.7 Å². The van der Waals surface area contributed by atoms with Crippen LogP contribution < -0.4 is 14.8 Å². The molecule has 0 spiro atoms. The van der Waals surface area contributed by atoms with Gasteiger partial charge >= 0.3 is 0 Å². The number of piperidine rings is 1. The predicted molar refractivity (Wildman–Crippen MR) is 98.4 cm³/mol. The molecule has 2 aliphatic rings. The Bertz CT molecular complexity index is 653. The Morgan fingerprint density at radius 1 is 1.07 bits per heavy atom. The number of hydrogen-bond acceptors (Lipinski definition) is 6. The van der Waals surface area contributed by atoms with E-state index >= 15 is 0 Å². The van der Waals surface area contributed by atoms with Crippen LogP contribution in [0.5, 0.6) is 11.8 Å². The summed E-state index contributed by atoms with van der Waals surface area (Å²) < 4.78 is 11.0. The number of hydrogen-bond donors (Lipinski definition) is 1. The highest BCUT2D eigenvalue weighted by atomic mass is 16.5. The molecule has 1 aromatic heterocycles. The Kier molecular flexibility index (Phi) is 6.47. The molecule has 1 aliphatic carbocycles. The molecule has 1 aromatic rings. The van der Waals surface area contributed by atoms with Gasteiger partial charge in [0.15, 0.2) is 0 Å². The minimum Gasteiger partial charge on any atom is -0.480 e. The Morgan fingerprint density at radius 2 is 1.74 bits per heavy atom. The lowest BCUT2D eigenvalue weighted by molar-refractivity contribution is -0.134. The normalized spacial score (nSPS) is 23.6. The third-order valence-corrected chi connectivity index (χ3v) is 5.42. The van der Waals surface area contributed by atoms with Gasteiger partial charge in [-0.25, -0.2) is 0 Å². The van der Waals surface area contributed by atoms with E-state index in [4.69, 9.17) is 9.47 Å². The third-order valence-electron chi connectivity index (χ3n) is 5.42. The molecule has 3 rings (SSSR count). The maximum Gasteiger partial charge on any atom is 0.235 e. The molecule has 148 valence electrons. The monoisotopic (exact) mass is 376 g/mol. The lowest BCUT2D eigenvalue weighted by atomic mass is 9.91. The molecule has 0 atom stereocenters. The minimum atomic E-state index is 0.0154. The molecule has 0 unspecified atom stereocenters. The summed E-state index contributed by atoms with van der Waals surface area (Å²) in [6.07, 6.45) is 8.22. The zero-order valence-electron chi connectivity index (χ0n) is 16.0. The molecule has 1 saturated carbocycles. The van der Waals surface area contributed by atoms with Crippen molar-refractivity contribution in [3.05, 3.63) is 12.4 Å². The SMILES string of the molecule is COc1cncc(OC2CCC(NC(=O)C3CCN(C(C)=O)CC3)CC2)n1. The maximum absolute atomic E-state index is 12.5. The molecule has 2 fully saturated rings. The molecule has 1 aliphatic heterocycles. The van der Waals surface area contributed by atoms with Crippen molar-refractivity contribution in [3.63, 3.8) is 0 Å². The number of methoxy groups -OCH3 is 1. The number of amides is 2. The first kappa shape index (κ1) is 19.4. The van der Waals surface area contributed by atoms with Crippen molar-refractivity contribution in [2.24, 2.45) is 5.92 Å². The first-order valence-electron chi connectivity index (χ1n) is 9.63. The van der Waals surface area contributed by atoms with E-state index in [0.29, 0.717) is 24.8 Å². The first-order valence-corrected chi connectivity index (χ1v) is 9.63. The Balaban J connectivity index is 1.40. The largest absolute Gasteiger partial charge is 0.480 e. The zero-order chi connectivity index (χ0) is 19.2. The van der Waals surface area contributed by atoms with Gasteiger partial charge in [0.1, 0.15) is 6.10 Å². The number of aromatic nitrogens is 2. The van der Waals surface area contributed by atoms with Gasteiger partial charge in [0, 0.05) is 32.0 Å². The number of likely N-dealkylation sites (tertiary alicyclic amines) is 1. The van der Waals surface area contributed by atoms with Gasteiger partial charge in [-0.15, -0.1) is 0 Å². The van der Waals surface area contributed by atoms with Crippen molar-refractivity contribution in [2.75, 3.05) is 20.2 Å².